The summed E-state index contributed by atoms with van der Waals surface area (Å²) in [5.41, 5.74) is 0.315. The third kappa shape index (κ3) is 5.26. The van der Waals surface area contributed by atoms with Gasteiger partial charge in [-0.25, -0.2) is 0 Å². The first kappa shape index (κ1) is 16.8. The van der Waals surface area contributed by atoms with Crippen LogP contribution in [0.5, 0.6) is 0 Å². The highest BCUT2D eigenvalue weighted by Gasteiger charge is 2.33. The SMILES string of the molecule is CC(C)(C)[C@@H]1CCCC[C@@H]1NCC(=O)NC[C@@H]1CCOC1. The van der Waals surface area contributed by atoms with Crippen LogP contribution in [-0.2, 0) is 9.53 Å². The summed E-state index contributed by atoms with van der Waals surface area (Å²) in [5, 5.41) is 6.55. The van der Waals surface area contributed by atoms with Gasteiger partial charge in [0, 0.05) is 25.1 Å². The van der Waals surface area contributed by atoms with Crippen LogP contribution in [0, 0.1) is 17.3 Å². The van der Waals surface area contributed by atoms with Crippen molar-refractivity contribution in [3.05, 3.63) is 0 Å². The summed E-state index contributed by atoms with van der Waals surface area (Å²) in [6, 6.07) is 0.485. The summed E-state index contributed by atoms with van der Waals surface area (Å²) in [7, 11) is 0. The predicted molar refractivity (Wildman–Crippen MR) is 85.1 cm³/mol. The van der Waals surface area contributed by atoms with E-state index in [2.05, 4.69) is 31.4 Å². The molecule has 0 spiro atoms. The number of carbonyl (C=O) groups is 1. The molecule has 2 N–H and O–H groups in total. The molecule has 4 heteroatoms. The Labute approximate surface area is 129 Å². The molecule has 0 bridgehead atoms. The lowest BCUT2D eigenvalue weighted by atomic mass is 9.69. The van der Waals surface area contributed by atoms with Gasteiger partial charge in [-0.2, -0.15) is 0 Å². The summed E-state index contributed by atoms with van der Waals surface area (Å²) in [6.07, 6.45) is 6.16. The molecule has 1 aliphatic heterocycles. The largest absolute Gasteiger partial charge is 0.381 e. The molecule has 0 aromatic rings. The van der Waals surface area contributed by atoms with E-state index in [1.807, 2.05) is 0 Å². The van der Waals surface area contributed by atoms with Crippen molar-refractivity contribution < 1.29 is 9.53 Å². The van der Waals surface area contributed by atoms with Crippen LogP contribution < -0.4 is 10.6 Å². The summed E-state index contributed by atoms with van der Waals surface area (Å²) in [5.74, 6) is 1.30. The quantitative estimate of drug-likeness (QED) is 0.818. The van der Waals surface area contributed by atoms with Gasteiger partial charge in [0.2, 0.25) is 5.91 Å². The maximum atomic E-state index is 12.0. The molecule has 1 saturated carbocycles. The number of nitrogens with one attached hydrogen (secondary N) is 2. The van der Waals surface area contributed by atoms with E-state index in [1.54, 1.807) is 0 Å². The molecule has 3 atom stereocenters. The molecule has 1 heterocycles. The lowest BCUT2D eigenvalue weighted by Crippen LogP contribution is -2.48. The molecule has 2 fully saturated rings. The van der Waals surface area contributed by atoms with E-state index in [-0.39, 0.29) is 5.91 Å². The van der Waals surface area contributed by atoms with Gasteiger partial charge in [0.25, 0.3) is 0 Å². The van der Waals surface area contributed by atoms with Crippen LogP contribution in [0.25, 0.3) is 0 Å². The van der Waals surface area contributed by atoms with Crippen molar-refractivity contribution in [3.63, 3.8) is 0 Å². The first-order valence-electron chi connectivity index (χ1n) is 8.54. The first-order valence-corrected chi connectivity index (χ1v) is 8.54. The van der Waals surface area contributed by atoms with Gasteiger partial charge in [-0.1, -0.05) is 33.6 Å². The average molecular weight is 296 g/mol. The molecule has 0 aromatic carbocycles. The molecule has 0 unspecified atom stereocenters. The Bertz CT molecular complexity index is 332. The molecule has 2 aliphatic rings. The number of ether oxygens (including phenoxy) is 1. The molecular formula is C17H32N2O2. The van der Waals surface area contributed by atoms with Gasteiger partial charge < -0.3 is 15.4 Å². The van der Waals surface area contributed by atoms with Gasteiger partial charge >= 0.3 is 0 Å². The van der Waals surface area contributed by atoms with E-state index in [0.717, 1.165) is 26.2 Å². The standard InChI is InChI=1S/C17H32N2O2/c1-17(2,3)14-6-4-5-7-15(14)18-11-16(20)19-10-13-8-9-21-12-13/h13-15,18H,4-12H2,1-3H3,(H,19,20)/t13-,14+,15-/m0/s1. The highest BCUT2D eigenvalue weighted by Crippen LogP contribution is 2.37. The van der Waals surface area contributed by atoms with Crippen LogP contribution in [-0.4, -0.2) is 38.3 Å². The van der Waals surface area contributed by atoms with Crippen LogP contribution in [0.3, 0.4) is 0 Å². The van der Waals surface area contributed by atoms with E-state index >= 15 is 0 Å². The Kier molecular flexibility index (Phi) is 6.06. The van der Waals surface area contributed by atoms with Crippen LogP contribution in [0.4, 0.5) is 0 Å². The fraction of sp³-hybridized carbons (Fsp3) is 0.941. The van der Waals surface area contributed by atoms with Crippen LogP contribution in [0.2, 0.25) is 0 Å². The molecule has 1 aliphatic carbocycles. The van der Waals surface area contributed by atoms with Crippen molar-refractivity contribution in [1.29, 1.82) is 0 Å². The maximum Gasteiger partial charge on any atom is 0.233 e. The number of hydrogen-bond acceptors (Lipinski definition) is 3. The van der Waals surface area contributed by atoms with Gasteiger partial charge in [0.15, 0.2) is 0 Å². The maximum absolute atomic E-state index is 12.0. The summed E-state index contributed by atoms with van der Waals surface area (Å²) < 4.78 is 5.33. The normalized spacial score (nSPS) is 30.3. The summed E-state index contributed by atoms with van der Waals surface area (Å²) in [6.45, 7) is 9.79. The summed E-state index contributed by atoms with van der Waals surface area (Å²) >= 11 is 0. The molecule has 1 saturated heterocycles. The Balaban J connectivity index is 1.71. The van der Waals surface area contributed by atoms with Crippen molar-refractivity contribution in [2.24, 2.45) is 17.3 Å². The number of amides is 1. The highest BCUT2D eigenvalue weighted by atomic mass is 16.5. The van der Waals surface area contributed by atoms with Crippen molar-refractivity contribution >= 4 is 5.91 Å². The molecule has 0 aromatic heterocycles. The predicted octanol–water partition coefficient (Wildman–Crippen LogP) is 2.33. The number of carbonyl (C=O) groups excluding carboxylic acids is 1. The molecule has 2 rings (SSSR count). The van der Waals surface area contributed by atoms with Crippen LogP contribution in [0.15, 0.2) is 0 Å². The second kappa shape index (κ2) is 7.59. The number of rotatable bonds is 5. The third-order valence-corrected chi connectivity index (χ3v) is 5.02. The zero-order valence-electron chi connectivity index (χ0n) is 13.9. The Morgan fingerprint density at radius 3 is 2.62 bits per heavy atom. The minimum atomic E-state index is 0.125. The average Bonchev–Trinajstić information content (AvgIpc) is 2.95. The fourth-order valence-electron chi connectivity index (χ4n) is 3.70. The smallest absolute Gasteiger partial charge is 0.233 e. The van der Waals surface area contributed by atoms with Crippen LogP contribution in [0.1, 0.15) is 52.9 Å². The van der Waals surface area contributed by atoms with E-state index in [4.69, 9.17) is 4.74 Å². The van der Waals surface area contributed by atoms with Crippen molar-refractivity contribution in [2.45, 2.75) is 58.9 Å². The van der Waals surface area contributed by atoms with Crippen LogP contribution >= 0.6 is 0 Å². The van der Waals surface area contributed by atoms with Crippen molar-refractivity contribution in [2.75, 3.05) is 26.3 Å². The zero-order chi connectivity index (χ0) is 15.3. The molecular weight excluding hydrogens is 264 g/mol. The molecule has 0 radical (unpaired) electrons. The van der Waals surface area contributed by atoms with Crippen molar-refractivity contribution in [1.82, 2.24) is 10.6 Å². The van der Waals surface area contributed by atoms with Gasteiger partial charge in [-0.05, 0) is 30.6 Å². The lowest BCUT2D eigenvalue weighted by Gasteiger charge is -2.41. The first-order chi connectivity index (χ1) is 9.97. The second-order valence-electron chi connectivity index (χ2n) is 7.78. The zero-order valence-corrected chi connectivity index (χ0v) is 13.9. The van der Waals surface area contributed by atoms with E-state index in [0.29, 0.717) is 29.8 Å². The third-order valence-electron chi connectivity index (χ3n) is 5.02. The topological polar surface area (TPSA) is 50.4 Å². The highest BCUT2D eigenvalue weighted by molar-refractivity contribution is 5.78. The summed E-state index contributed by atoms with van der Waals surface area (Å²) in [4.78, 5) is 12.0. The Hall–Kier alpha value is -0.610. The molecule has 4 nitrogen and oxygen atoms in total. The lowest BCUT2D eigenvalue weighted by molar-refractivity contribution is -0.120. The molecule has 21 heavy (non-hydrogen) atoms. The van der Waals surface area contributed by atoms with Gasteiger partial charge in [-0.15, -0.1) is 0 Å². The monoisotopic (exact) mass is 296 g/mol. The molecule has 122 valence electrons. The number of hydrogen-bond donors (Lipinski definition) is 2. The fourth-order valence-corrected chi connectivity index (χ4v) is 3.70. The minimum absolute atomic E-state index is 0.125. The van der Waals surface area contributed by atoms with E-state index in [1.165, 1.54) is 25.7 Å². The van der Waals surface area contributed by atoms with Gasteiger partial charge in [-0.3, -0.25) is 4.79 Å². The van der Waals surface area contributed by atoms with E-state index < -0.39 is 0 Å². The van der Waals surface area contributed by atoms with Gasteiger partial charge in [0.05, 0.1) is 13.2 Å². The van der Waals surface area contributed by atoms with Gasteiger partial charge in [0.1, 0.15) is 0 Å². The Morgan fingerprint density at radius 1 is 1.19 bits per heavy atom. The second-order valence-corrected chi connectivity index (χ2v) is 7.78. The van der Waals surface area contributed by atoms with E-state index in [9.17, 15) is 4.79 Å². The van der Waals surface area contributed by atoms with Crippen molar-refractivity contribution in [3.8, 4) is 0 Å². The minimum Gasteiger partial charge on any atom is -0.381 e. The Morgan fingerprint density at radius 2 is 1.95 bits per heavy atom. The molecule has 1 amide bonds.